The zero-order valence-electron chi connectivity index (χ0n) is 10.2. The molecule has 0 spiro atoms. The van der Waals surface area contributed by atoms with Gasteiger partial charge in [0.25, 0.3) is 0 Å². The predicted molar refractivity (Wildman–Crippen MR) is 64.3 cm³/mol. The molecule has 0 N–H and O–H groups in total. The lowest BCUT2D eigenvalue weighted by Gasteiger charge is -2.33. The van der Waals surface area contributed by atoms with E-state index in [1.165, 1.54) is 11.0 Å². The summed E-state index contributed by atoms with van der Waals surface area (Å²) in [6.45, 7) is 0. The first kappa shape index (κ1) is 9.42. The van der Waals surface area contributed by atoms with E-state index in [9.17, 15) is 9.59 Å². The molecule has 1 aliphatic heterocycles. The van der Waals surface area contributed by atoms with Crippen LogP contribution in [-0.2, 0) is 7.05 Å². The average Bonchev–Trinajstić information content (AvgIpc) is 3.11. The molecule has 5 rings (SSSR count). The highest BCUT2D eigenvalue weighted by atomic mass is 16.2. The van der Waals surface area contributed by atoms with Gasteiger partial charge in [0.15, 0.2) is 0 Å². The van der Waals surface area contributed by atoms with Crippen LogP contribution >= 0.6 is 0 Å². The zero-order chi connectivity index (χ0) is 12.2. The molecule has 3 aliphatic carbocycles. The number of nitrogens with zero attached hydrogens (tertiary/aromatic N) is 3. The lowest BCUT2D eigenvalue weighted by atomic mass is 9.82. The van der Waals surface area contributed by atoms with Crippen molar-refractivity contribution in [3.8, 4) is 0 Å². The SMILES string of the molecule is Cn1c(=O)n2n(c1=O)[C@H]1C[C@@H]2[C@@H]2[C@@H]1[C@H]1C=C[C@H]2C1. The molecular formula is C13H15N3O2. The Morgan fingerprint density at radius 3 is 1.94 bits per heavy atom. The van der Waals surface area contributed by atoms with Gasteiger partial charge in [0, 0.05) is 7.05 Å². The molecule has 0 aromatic carbocycles. The van der Waals surface area contributed by atoms with Crippen molar-refractivity contribution < 1.29 is 0 Å². The molecule has 0 unspecified atom stereocenters. The van der Waals surface area contributed by atoms with E-state index in [1.54, 1.807) is 16.4 Å². The predicted octanol–water partition coefficient (Wildman–Crippen LogP) is 0.286. The van der Waals surface area contributed by atoms with E-state index >= 15 is 0 Å². The van der Waals surface area contributed by atoms with Crippen LogP contribution in [0.2, 0.25) is 0 Å². The Balaban J connectivity index is 1.80. The molecule has 0 amide bonds. The Kier molecular flexibility index (Phi) is 1.35. The summed E-state index contributed by atoms with van der Waals surface area (Å²) >= 11 is 0. The van der Waals surface area contributed by atoms with Gasteiger partial charge in [-0.2, -0.15) is 0 Å². The maximum Gasteiger partial charge on any atom is 0.347 e. The molecule has 2 saturated carbocycles. The van der Waals surface area contributed by atoms with Crippen LogP contribution in [0.3, 0.4) is 0 Å². The average molecular weight is 245 g/mol. The summed E-state index contributed by atoms with van der Waals surface area (Å²) in [5.74, 6) is 2.49. The van der Waals surface area contributed by atoms with Gasteiger partial charge < -0.3 is 0 Å². The van der Waals surface area contributed by atoms with Crippen LogP contribution in [0.1, 0.15) is 24.9 Å². The molecule has 2 fully saturated rings. The minimum absolute atomic E-state index is 0.127. The van der Waals surface area contributed by atoms with Gasteiger partial charge in [0.2, 0.25) is 0 Å². The fourth-order valence-corrected chi connectivity index (χ4v) is 5.25. The molecule has 1 aromatic heterocycles. The van der Waals surface area contributed by atoms with Gasteiger partial charge in [-0.25, -0.2) is 23.5 Å². The van der Waals surface area contributed by atoms with Crippen LogP contribution in [0.25, 0.3) is 0 Å². The smallest absolute Gasteiger partial charge is 0.246 e. The second-order valence-corrected chi connectivity index (χ2v) is 6.29. The highest BCUT2D eigenvalue weighted by molar-refractivity contribution is 5.21. The van der Waals surface area contributed by atoms with E-state index in [-0.39, 0.29) is 23.5 Å². The Morgan fingerprint density at radius 2 is 1.44 bits per heavy atom. The summed E-state index contributed by atoms with van der Waals surface area (Å²) in [4.78, 5) is 24.3. The number of hydrogen-bond donors (Lipinski definition) is 0. The highest BCUT2D eigenvalue weighted by Crippen LogP contribution is 2.64. The summed E-state index contributed by atoms with van der Waals surface area (Å²) in [6.07, 6.45) is 6.91. The van der Waals surface area contributed by atoms with Crippen molar-refractivity contribution in [1.29, 1.82) is 0 Å². The molecule has 18 heavy (non-hydrogen) atoms. The van der Waals surface area contributed by atoms with Gasteiger partial charge >= 0.3 is 11.4 Å². The van der Waals surface area contributed by atoms with E-state index in [4.69, 9.17) is 0 Å². The first-order chi connectivity index (χ1) is 8.68. The molecule has 2 heterocycles. The van der Waals surface area contributed by atoms with Gasteiger partial charge in [-0.3, -0.25) is 0 Å². The normalized spacial score (nSPS) is 45.8. The fourth-order valence-electron chi connectivity index (χ4n) is 5.25. The summed E-state index contributed by atoms with van der Waals surface area (Å²) in [7, 11) is 1.59. The van der Waals surface area contributed by atoms with Crippen molar-refractivity contribution in [1.82, 2.24) is 13.9 Å². The number of aromatic nitrogens is 3. The number of hydrogen-bond acceptors (Lipinski definition) is 2. The largest absolute Gasteiger partial charge is 0.347 e. The lowest BCUT2D eigenvalue weighted by Crippen LogP contribution is -2.38. The molecule has 5 heteroatoms. The van der Waals surface area contributed by atoms with Crippen molar-refractivity contribution in [2.24, 2.45) is 30.7 Å². The molecule has 0 saturated heterocycles. The highest BCUT2D eigenvalue weighted by Gasteiger charge is 2.61. The maximum absolute atomic E-state index is 12.2. The summed E-state index contributed by atoms with van der Waals surface area (Å²) in [6, 6.07) is 0.530. The molecule has 94 valence electrons. The third kappa shape index (κ3) is 0.744. The summed E-state index contributed by atoms with van der Waals surface area (Å²) in [5, 5.41) is 0. The van der Waals surface area contributed by atoms with E-state index in [0.717, 1.165) is 6.42 Å². The molecule has 6 atom stereocenters. The van der Waals surface area contributed by atoms with Crippen LogP contribution in [-0.4, -0.2) is 13.9 Å². The molecule has 5 nitrogen and oxygen atoms in total. The Morgan fingerprint density at radius 1 is 0.944 bits per heavy atom. The summed E-state index contributed by atoms with van der Waals surface area (Å²) in [5.41, 5.74) is -0.254. The van der Waals surface area contributed by atoms with Gasteiger partial charge in [-0.15, -0.1) is 0 Å². The third-order valence-corrected chi connectivity index (χ3v) is 5.78. The molecular weight excluding hydrogens is 230 g/mol. The van der Waals surface area contributed by atoms with Crippen molar-refractivity contribution in [3.63, 3.8) is 0 Å². The van der Waals surface area contributed by atoms with Crippen LogP contribution in [0.5, 0.6) is 0 Å². The first-order valence-corrected chi connectivity index (χ1v) is 6.77. The molecule has 4 bridgehead atoms. The minimum atomic E-state index is -0.127. The van der Waals surface area contributed by atoms with Crippen LogP contribution in [0.15, 0.2) is 21.7 Å². The maximum atomic E-state index is 12.2. The number of fused-ring (bicyclic) bond motifs is 12. The van der Waals surface area contributed by atoms with Crippen LogP contribution < -0.4 is 11.4 Å². The monoisotopic (exact) mass is 245 g/mol. The lowest BCUT2D eigenvalue weighted by molar-refractivity contribution is 0.176. The van der Waals surface area contributed by atoms with Crippen molar-refractivity contribution in [3.05, 3.63) is 33.1 Å². The second kappa shape index (κ2) is 2.58. The van der Waals surface area contributed by atoms with Gasteiger partial charge in [-0.1, -0.05) is 12.2 Å². The first-order valence-electron chi connectivity index (χ1n) is 6.77. The molecule has 1 aromatic rings. The van der Waals surface area contributed by atoms with Crippen molar-refractivity contribution >= 4 is 0 Å². The Bertz CT molecular complexity index is 651. The van der Waals surface area contributed by atoms with Crippen LogP contribution in [0.4, 0.5) is 0 Å². The third-order valence-electron chi connectivity index (χ3n) is 5.78. The number of rotatable bonds is 0. The van der Waals surface area contributed by atoms with E-state index < -0.39 is 0 Å². The van der Waals surface area contributed by atoms with Gasteiger partial charge in [-0.05, 0) is 36.5 Å². The van der Waals surface area contributed by atoms with Crippen LogP contribution in [0, 0.1) is 23.7 Å². The molecule has 4 aliphatic rings. The summed E-state index contributed by atoms with van der Waals surface area (Å²) < 4.78 is 4.76. The fraction of sp³-hybridized carbons (Fsp3) is 0.692. The van der Waals surface area contributed by atoms with E-state index in [0.29, 0.717) is 23.7 Å². The van der Waals surface area contributed by atoms with Gasteiger partial charge in [0.05, 0.1) is 12.1 Å². The topological polar surface area (TPSA) is 48.9 Å². The second-order valence-electron chi connectivity index (χ2n) is 6.29. The quantitative estimate of drug-likeness (QED) is 0.487. The minimum Gasteiger partial charge on any atom is -0.246 e. The van der Waals surface area contributed by atoms with E-state index in [1.807, 2.05) is 0 Å². The standard InChI is InChI=1S/C13H15N3O2/c1-14-12(17)15-8-5-9(16(15)13(14)18)11-7-3-2-6(4-7)10(8)11/h2-3,6-11H,4-5H2,1H3/t6-,7-,8-,9+,10+,11+/m0/s1. The zero-order valence-corrected chi connectivity index (χ0v) is 10.2. The van der Waals surface area contributed by atoms with E-state index in [2.05, 4.69) is 12.2 Å². The molecule has 0 radical (unpaired) electrons. The Labute approximate surface area is 103 Å². The van der Waals surface area contributed by atoms with Crippen molar-refractivity contribution in [2.45, 2.75) is 24.9 Å². The number of allylic oxidation sites excluding steroid dienone is 2. The van der Waals surface area contributed by atoms with Crippen molar-refractivity contribution in [2.75, 3.05) is 0 Å². The van der Waals surface area contributed by atoms with Gasteiger partial charge in [0.1, 0.15) is 0 Å². The Hall–Kier alpha value is -1.52.